The number of nitrogens with zero attached hydrogens (tertiary/aromatic N) is 1. The van der Waals surface area contributed by atoms with Crippen molar-refractivity contribution in [1.29, 1.82) is 0 Å². The second-order valence-corrected chi connectivity index (χ2v) is 10.3. The summed E-state index contributed by atoms with van der Waals surface area (Å²) in [6, 6.07) is 14.3. The van der Waals surface area contributed by atoms with Crippen LogP contribution in [0.5, 0.6) is 0 Å². The Morgan fingerprint density at radius 3 is 2.31 bits per heavy atom. The van der Waals surface area contributed by atoms with Crippen molar-refractivity contribution in [3.8, 4) is 0 Å². The molecule has 6 nitrogen and oxygen atoms in total. The SMILES string of the molecule is Cc1cc(S(=O)(=O)[C@H](CNS(=O)(=O)c2ccccc2)c2cccnc2)ccc1F. The first-order chi connectivity index (χ1) is 13.7. The Kier molecular flexibility index (Phi) is 6.11. The van der Waals surface area contributed by atoms with Crippen molar-refractivity contribution in [1.82, 2.24) is 9.71 Å². The van der Waals surface area contributed by atoms with Gasteiger partial charge in [0.2, 0.25) is 10.0 Å². The van der Waals surface area contributed by atoms with Gasteiger partial charge in [0.25, 0.3) is 0 Å². The predicted octanol–water partition coefficient (Wildman–Crippen LogP) is 3.02. The number of rotatable bonds is 7. The summed E-state index contributed by atoms with van der Waals surface area (Å²) in [5, 5.41) is -1.24. The Bertz CT molecular complexity index is 1200. The molecule has 1 N–H and O–H groups in total. The number of hydrogen-bond acceptors (Lipinski definition) is 5. The molecule has 0 aliphatic heterocycles. The van der Waals surface area contributed by atoms with Gasteiger partial charge in [-0.2, -0.15) is 0 Å². The lowest BCUT2D eigenvalue weighted by atomic mass is 10.2. The molecule has 29 heavy (non-hydrogen) atoms. The second-order valence-electron chi connectivity index (χ2n) is 6.40. The molecule has 1 heterocycles. The van der Waals surface area contributed by atoms with Crippen molar-refractivity contribution in [3.63, 3.8) is 0 Å². The molecule has 3 rings (SSSR count). The van der Waals surface area contributed by atoms with Crippen molar-refractivity contribution in [3.05, 3.63) is 90.0 Å². The molecule has 9 heteroatoms. The van der Waals surface area contributed by atoms with Crippen molar-refractivity contribution >= 4 is 19.9 Å². The van der Waals surface area contributed by atoms with Crippen LogP contribution >= 0.6 is 0 Å². The second kappa shape index (κ2) is 8.40. The van der Waals surface area contributed by atoms with Crippen LogP contribution in [-0.4, -0.2) is 28.4 Å². The Morgan fingerprint density at radius 1 is 0.966 bits per heavy atom. The molecule has 0 amide bonds. The van der Waals surface area contributed by atoms with E-state index in [4.69, 9.17) is 0 Å². The molecule has 0 spiro atoms. The zero-order chi connectivity index (χ0) is 21.1. The zero-order valence-corrected chi connectivity index (χ0v) is 17.1. The Balaban J connectivity index is 1.98. The van der Waals surface area contributed by atoms with E-state index in [0.29, 0.717) is 5.56 Å². The number of sulfone groups is 1. The first-order valence-corrected chi connectivity index (χ1v) is 11.7. The molecule has 0 bridgehead atoms. The molecule has 2 aromatic carbocycles. The van der Waals surface area contributed by atoms with Gasteiger partial charge in [0, 0.05) is 18.9 Å². The molecule has 152 valence electrons. The van der Waals surface area contributed by atoms with Crippen molar-refractivity contribution < 1.29 is 21.2 Å². The van der Waals surface area contributed by atoms with E-state index in [2.05, 4.69) is 9.71 Å². The van der Waals surface area contributed by atoms with Gasteiger partial charge in [0.15, 0.2) is 9.84 Å². The number of pyridine rings is 1. The van der Waals surface area contributed by atoms with Gasteiger partial charge in [-0.25, -0.2) is 25.9 Å². The average Bonchev–Trinajstić information content (AvgIpc) is 2.71. The van der Waals surface area contributed by atoms with Crippen LogP contribution in [0.2, 0.25) is 0 Å². The third kappa shape index (κ3) is 4.69. The lowest BCUT2D eigenvalue weighted by Crippen LogP contribution is -2.32. The van der Waals surface area contributed by atoms with Crippen LogP contribution in [0.4, 0.5) is 4.39 Å². The molecule has 0 fully saturated rings. The Labute approximate surface area is 169 Å². The van der Waals surface area contributed by atoms with Crippen molar-refractivity contribution in [2.24, 2.45) is 0 Å². The topological polar surface area (TPSA) is 93.2 Å². The molecule has 0 aliphatic carbocycles. The molecule has 1 aromatic heterocycles. The summed E-state index contributed by atoms with van der Waals surface area (Å²) in [6.45, 7) is 1.06. The van der Waals surface area contributed by atoms with Crippen molar-refractivity contribution in [2.45, 2.75) is 22.0 Å². The first-order valence-electron chi connectivity index (χ1n) is 8.66. The molecule has 0 saturated carbocycles. The molecule has 1 atom stereocenters. The van der Waals surface area contributed by atoms with Crippen LogP contribution < -0.4 is 4.72 Å². The fourth-order valence-electron chi connectivity index (χ4n) is 2.80. The quantitative estimate of drug-likeness (QED) is 0.577. The van der Waals surface area contributed by atoms with E-state index in [1.54, 1.807) is 30.3 Å². The van der Waals surface area contributed by atoms with E-state index < -0.39 is 37.5 Å². The summed E-state index contributed by atoms with van der Waals surface area (Å²) in [4.78, 5) is 3.88. The van der Waals surface area contributed by atoms with E-state index >= 15 is 0 Å². The normalized spacial score (nSPS) is 13.2. The summed E-state index contributed by atoms with van der Waals surface area (Å²) in [7, 11) is -7.95. The third-order valence-electron chi connectivity index (χ3n) is 4.40. The molecule has 0 unspecified atom stereocenters. The highest BCUT2D eigenvalue weighted by Crippen LogP contribution is 2.29. The Hall–Kier alpha value is -2.62. The number of sulfonamides is 1. The lowest BCUT2D eigenvalue weighted by Gasteiger charge is -2.19. The average molecular weight is 435 g/mol. The van der Waals surface area contributed by atoms with E-state index in [9.17, 15) is 21.2 Å². The maximum Gasteiger partial charge on any atom is 0.240 e. The largest absolute Gasteiger partial charge is 0.264 e. The summed E-state index contributed by atoms with van der Waals surface area (Å²) in [5.74, 6) is -0.522. The maximum absolute atomic E-state index is 13.6. The summed E-state index contributed by atoms with van der Waals surface area (Å²) < 4.78 is 67.6. The van der Waals surface area contributed by atoms with E-state index in [1.807, 2.05) is 0 Å². The number of nitrogens with one attached hydrogen (secondary N) is 1. The lowest BCUT2D eigenvalue weighted by molar-refractivity contribution is 0.568. The van der Waals surface area contributed by atoms with Crippen LogP contribution in [0.1, 0.15) is 16.4 Å². The molecule has 0 aliphatic rings. The van der Waals surface area contributed by atoms with E-state index in [-0.39, 0.29) is 15.4 Å². The minimum Gasteiger partial charge on any atom is -0.264 e. The number of aryl methyl sites for hydroxylation is 1. The van der Waals surface area contributed by atoms with Crippen molar-refractivity contribution in [2.75, 3.05) is 6.54 Å². The van der Waals surface area contributed by atoms with Gasteiger partial charge >= 0.3 is 0 Å². The highest BCUT2D eigenvalue weighted by atomic mass is 32.2. The van der Waals surface area contributed by atoms with Crippen LogP contribution in [0, 0.1) is 12.7 Å². The minimum atomic E-state index is -4.03. The Morgan fingerprint density at radius 2 is 1.69 bits per heavy atom. The summed E-state index contributed by atoms with van der Waals surface area (Å²) in [5.41, 5.74) is 0.506. The third-order valence-corrected chi connectivity index (χ3v) is 7.94. The highest BCUT2D eigenvalue weighted by Gasteiger charge is 2.31. The molecule has 0 saturated heterocycles. The molecular formula is C20H19FN2O4S2. The molecular weight excluding hydrogens is 415 g/mol. The number of hydrogen-bond donors (Lipinski definition) is 1. The van der Waals surface area contributed by atoms with Gasteiger partial charge in [-0.3, -0.25) is 4.98 Å². The number of aromatic nitrogens is 1. The standard InChI is InChI=1S/C20H19FN2O4S2/c1-15-12-18(9-10-19(15)21)28(24,25)20(16-6-5-11-22-13-16)14-23-29(26,27)17-7-3-2-4-8-17/h2-13,20,23H,14H2,1H3/t20-/m1/s1. The number of halogens is 1. The first kappa shape index (κ1) is 21.1. The summed E-state index contributed by atoms with van der Waals surface area (Å²) >= 11 is 0. The smallest absolute Gasteiger partial charge is 0.240 e. The van der Waals surface area contributed by atoms with Crippen LogP contribution in [0.3, 0.4) is 0 Å². The van der Waals surface area contributed by atoms with E-state index in [0.717, 1.165) is 6.07 Å². The van der Waals surface area contributed by atoms with E-state index in [1.165, 1.54) is 43.6 Å². The maximum atomic E-state index is 13.6. The minimum absolute atomic E-state index is 0.0277. The van der Waals surface area contributed by atoms with Gasteiger partial charge in [0.1, 0.15) is 11.1 Å². The van der Waals surface area contributed by atoms with Gasteiger partial charge in [-0.15, -0.1) is 0 Å². The van der Waals surface area contributed by atoms with Crippen LogP contribution in [0.25, 0.3) is 0 Å². The number of benzene rings is 2. The predicted molar refractivity (Wildman–Crippen MR) is 107 cm³/mol. The fourth-order valence-corrected chi connectivity index (χ4v) is 5.70. The zero-order valence-electron chi connectivity index (χ0n) is 15.5. The molecule has 3 aromatic rings. The highest BCUT2D eigenvalue weighted by molar-refractivity contribution is 7.92. The van der Waals surface area contributed by atoms with Gasteiger partial charge in [0.05, 0.1) is 9.79 Å². The fraction of sp³-hybridized carbons (Fsp3) is 0.150. The van der Waals surface area contributed by atoms with Gasteiger partial charge in [-0.1, -0.05) is 24.3 Å². The summed E-state index contributed by atoms with van der Waals surface area (Å²) in [6.07, 6.45) is 2.86. The van der Waals surface area contributed by atoms with Gasteiger partial charge < -0.3 is 0 Å². The molecule has 0 radical (unpaired) electrons. The van der Waals surface area contributed by atoms with Gasteiger partial charge in [-0.05, 0) is 54.4 Å². The monoisotopic (exact) mass is 434 g/mol. The van der Waals surface area contributed by atoms with Crippen LogP contribution in [0.15, 0.2) is 82.8 Å². The van der Waals surface area contributed by atoms with Crippen LogP contribution in [-0.2, 0) is 19.9 Å².